The quantitative estimate of drug-likeness (QED) is 0.894. The normalized spacial score (nSPS) is 16.4. The van der Waals surface area contributed by atoms with Crippen LogP contribution >= 0.6 is 0 Å². The van der Waals surface area contributed by atoms with Gasteiger partial charge in [-0.25, -0.2) is 0 Å². The minimum Gasteiger partial charge on any atom is -0.325 e. The van der Waals surface area contributed by atoms with Gasteiger partial charge >= 0.3 is 0 Å². The number of carbonyl (C=O) groups is 1. The fraction of sp³-hybridized carbons (Fsp3) is 0.500. The molecule has 0 aliphatic carbocycles. The monoisotopic (exact) mass is 311 g/mol. The van der Waals surface area contributed by atoms with Crippen molar-refractivity contribution in [2.24, 2.45) is 0 Å². The van der Waals surface area contributed by atoms with E-state index in [1.165, 1.54) is 8.61 Å². The second kappa shape index (κ2) is 6.55. The molecule has 1 heterocycles. The molecular weight excluding hydrogens is 290 g/mol. The van der Waals surface area contributed by atoms with Crippen LogP contribution < -0.4 is 5.32 Å². The Morgan fingerprint density at radius 2 is 2.00 bits per heavy atom. The van der Waals surface area contributed by atoms with Gasteiger partial charge in [0.15, 0.2) is 0 Å². The van der Waals surface area contributed by atoms with Crippen LogP contribution in [-0.2, 0) is 21.5 Å². The van der Waals surface area contributed by atoms with E-state index in [9.17, 15) is 13.2 Å². The molecule has 0 spiro atoms. The maximum absolute atomic E-state index is 12.6. The van der Waals surface area contributed by atoms with Gasteiger partial charge in [0.05, 0.1) is 6.54 Å². The van der Waals surface area contributed by atoms with Gasteiger partial charge in [-0.1, -0.05) is 31.5 Å². The molecule has 0 radical (unpaired) electrons. The van der Waals surface area contributed by atoms with Crippen molar-refractivity contribution in [3.8, 4) is 0 Å². The highest BCUT2D eigenvalue weighted by Crippen LogP contribution is 2.22. The van der Waals surface area contributed by atoms with Crippen molar-refractivity contribution in [3.05, 3.63) is 29.8 Å². The zero-order chi connectivity index (χ0) is 15.5. The molecule has 0 saturated carbocycles. The summed E-state index contributed by atoms with van der Waals surface area (Å²) in [6.45, 7) is 2.51. The first kappa shape index (κ1) is 15.9. The summed E-state index contributed by atoms with van der Waals surface area (Å²) in [5.74, 6) is -0.313. The van der Waals surface area contributed by atoms with E-state index in [2.05, 4.69) is 5.32 Å². The number of para-hydroxylation sites is 1. The number of unbranched alkanes of at least 4 members (excludes halogenated alkanes) is 1. The predicted octanol–water partition coefficient (Wildman–Crippen LogP) is 1.42. The first-order valence-electron chi connectivity index (χ1n) is 7.04. The Balaban J connectivity index is 2.25. The van der Waals surface area contributed by atoms with Crippen LogP contribution in [0.4, 0.5) is 5.69 Å². The lowest BCUT2D eigenvalue weighted by molar-refractivity contribution is -0.116. The first-order valence-corrected chi connectivity index (χ1v) is 8.44. The third-order valence-electron chi connectivity index (χ3n) is 3.50. The molecule has 0 bridgehead atoms. The summed E-state index contributed by atoms with van der Waals surface area (Å²) in [5.41, 5.74) is 1.48. The summed E-state index contributed by atoms with van der Waals surface area (Å²) in [6, 6.07) is 7.26. The van der Waals surface area contributed by atoms with Gasteiger partial charge in [0.25, 0.3) is 10.2 Å². The molecule has 0 unspecified atom stereocenters. The fourth-order valence-electron chi connectivity index (χ4n) is 2.23. The Morgan fingerprint density at radius 1 is 1.29 bits per heavy atom. The number of nitrogens with one attached hydrogen (secondary N) is 1. The van der Waals surface area contributed by atoms with Crippen molar-refractivity contribution in [2.45, 2.75) is 26.3 Å². The molecule has 2 rings (SSSR count). The second-order valence-corrected chi connectivity index (χ2v) is 7.19. The van der Waals surface area contributed by atoms with E-state index in [1.807, 2.05) is 25.1 Å². The van der Waals surface area contributed by atoms with Crippen molar-refractivity contribution in [2.75, 3.05) is 25.5 Å². The van der Waals surface area contributed by atoms with Gasteiger partial charge < -0.3 is 5.32 Å². The van der Waals surface area contributed by atoms with Crippen LogP contribution in [0.2, 0.25) is 0 Å². The van der Waals surface area contributed by atoms with Gasteiger partial charge in [0, 0.05) is 25.8 Å². The van der Waals surface area contributed by atoms with Gasteiger partial charge in [-0.2, -0.15) is 17.0 Å². The molecule has 0 aromatic heterocycles. The van der Waals surface area contributed by atoms with Gasteiger partial charge in [-0.15, -0.1) is 0 Å². The molecule has 7 heteroatoms. The highest BCUT2D eigenvalue weighted by molar-refractivity contribution is 7.86. The molecule has 0 atom stereocenters. The molecule has 0 saturated heterocycles. The van der Waals surface area contributed by atoms with Gasteiger partial charge in [-0.3, -0.25) is 4.79 Å². The van der Waals surface area contributed by atoms with Crippen LogP contribution in [0.5, 0.6) is 0 Å². The van der Waals surface area contributed by atoms with Crippen LogP contribution in [0.1, 0.15) is 25.3 Å². The van der Waals surface area contributed by atoms with Gasteiger partial charge in [0.1, 0.15) is 0 Å². The summed E-state index contributed by atoms with van der Waals surface area (Å²) < 4.78 is 27.7. The van der Waals surface area contributed by atoms with Crippen LogP contribution in [-0.4, -0.2) is 43.1 Å². The minimum absolute atomic E-state index is 0.159. The Hall–Kier alpha value is -1.44. The van der Waals surface area contributed by atoms with Gasteiger partial charge in [-0.05, 0) is 18.1 Å². The minimum atomic E-state index is -3.63. The molecule has 1 amide bonds. The number of rotatable bonds is 5. The predicted molar refractivity (Wildman–Crippen MR) is 81.9 cm³/mol. The standard InChI is InChI=1S/C14H21N3O3S/c1-3-4-9-16(2)21(19,20)17-10-12-7-5-6-8-13(12)15-14(18)11-17/h5-8H,3-4,9-11H2,1-2H3,(H,15,18). The number of benzene rings is 1. The highest BCUT2D eigenvalue weighted by atomic mass is 32.2. The maximum Gasteiger partial charge on any atom is 0.282 e. The lowest BCUT2D eigenvalue weighted by atomic mass is 10.2. The number of amides is 1. The summed E-state index contributed by atoms with van der Waals surface area (Å²) in [7, 11) is -2.07. The molecule has 1 aliphatic rings. The topological polar surface area (TPSA) is 69.7 Å². The first-order chi connectivity index (χ1) is 9.95. The van der Waals surface area contributed by atoms with E-state index < -0.39 is 10.2 Å². The third kappa shape index (κ3) is 3.61. The van der Waals surface area contributed by atoms with Gasteiger partial charge in [0.2, 0.25) is 5.91 Å². The van der Waals surface area contributed by atoms with Crippen molar-refractivity contribution in [1.82, 2.24) is 8.61 Å². The van der Waals surface area contributed by atoms with E-state index in [1.54, 1.807) is 13.1 Å². The van der Waals surface area contributed by atoms with E-state index >= 15 is 0 Å². The molecule has 1 aromatic rings. The Bertz CT molecular complexity index is 616. The second-order valence-electron chi connectivity index (χ2n) is 5.16. The maximum atomic E-state index is 12.6. The zero-order valence-corrected chi connectivity index (χ0v) is 13.2. The molecule has 116 valence electrons. The number of nitrogens with zero attached hydrogens (tertiary/aromatic N) is 2. The third-order valence-corrected chi connectivity index (χ3v) is 5.39. The molecule has 0 fully saturated rings. The van der Waals surface area contributed by atoms with E-state index in [0.717, 1.165) is 18.4 Å². The summed E-state index contributed by atoms with van der Waals surface area (Å²) in [6.07, 6.45) is 1.72. The van der Waals surface area contributed by atoms with Crippen molar-refractivity contribution in [3.63, 3.8) is 0 Å². The van der Waals surface area contributed by atoms with Crippen LogP contribution in [0.15, 0.2) is 24.3 Å². The molecule has 1 aliphatic heterocycles. The summed E-state index contributed by atoms with van der Waals surface area (Å²) in [4.78, 5) is 11.9. The SMILES string of the molecule is CCCCN(C)S(=O)(=O)N1CC(=O)Nc2ccccc2C1. The largest absolute Gasteiger partial charge is 0.325 e. The summed E-state index contributed by atoms with van der Waals surface area (Å²) in [5, 5.41) is 2.74. The number of fused-ring (bicyclic) bond motifs is 1. The number of carbonyl (C=O) groups excluding carboxylic acids is 1. The molecule has 1 aromatic carbocycles. The van der Waals surface area contributed by atoms with E-state index in [4.69, 9.17) is 0 Å². The Kier molecular flexibility index (Phi) is 4.97. The molecule has 6 nitrogen and oxygen atoms in total. The Labute approximate surface area is 125 Å². The number of hydrogen-bond acceptors (Lipinski definition) is 3. The average molecular weight is 311 g/mol. The van der Waals surface area contributed by atoms with E-state index in [-0.39, 0.29) is 19.0 Å². The van der Waals surface area contributed by atoms with Crippen molar-refractivity contribution < 1.29 is 13.2 Å². The Morgan fingerprint density at radius 3 is 2.71 bits per heavy atom. The summed E-state index contributed by atoms with van der Waals surface area (Å²) >= 11 is 0. The molecule has 21 heavy (non-hydrogen) atoms. The van der Waals surface area contributed by atoms with Crippen LogP contribution in [0.3, 0.4) is 0 Å². The zero-order valence-electron chi connectivity index (χ0n) is 12.4. The lowest BCUT2D eigenvalue weighted by Crippen LogP contribution is -2.44. The molecule has 1 N–H and O–H groups in total. The fourth-order valence-corrected chi connectivity index (χ4v) is 3.57. The van der Waals surface area contributed by atoms with E-state index in [0.29, 0.717) is 12.2 Å². The van der Waals surface area contributed by atoms with Crippen molar-refractivity contribution in [1.29, 1.82) is 0 Å². The van der Waals surface area contributed by atoms with Crippen molar-refractivity contribution >= 4 is 21.8 Å². The van der Waals surface area contributed by atoms with Crippen LogP contribution in [0, 0.1) is 0 Å². The number of anilines is 1. The highest BCUT2D eigenvalue weighted by Gasteiger charge is 2.31. The number of hydrogen-bond donors (Lipinski definition) is 1. The smallest absolute Gasteiger partial charge is 0.282 e. The lowest BCUT2D eigenvalue weighted by Gasteiger charge is -2.25. The molecular formula is C14H21N3O3S. The average Bonchev–Trinajstić information content (AvgIpc) is 2.62. The van der Waals surface area contributed by atoms with Crippen LogP contribution in [0.25, 0.3) is 0 Å².